The molecule has 18 heavy (non-hydrogen) atoms. The van der Waals surface area contributed by atoms with Crippen molar-refractivity contribution in [1.29, 1.82) is 0 Å². The van der Waals surface area contributed by atoms with Gasteiger partial charge in [0.2, 0.25) is 0 Å². The molecule has 0 N–H and O–H groups in total. The summed E-state index contributed by atoms with van der Waals surface area (Å²) in [6.45, 7) is 2.49. The summed E-state index contributed by atoms with van der Waals surface area (Å²) in [7, 11) is 0. The Hall–Kier alpha value is -2.03. The van der Waals surface area contributed by atoms with Crippen molar-refractivity contribution in [2.45, 2.75) is 26.4 Å². The normalized spacial score (nSPS) is 10.3. The van der Waals surface area contributed by atoms with E-state index in [-0.39, 0.29) is 0 Å². The first kappa shape index (κ1) is 12.4. The Labute approximate surface area is 106 Å². The van der Waals surface area contributed by atoms with E-state index in [1.165, 1.54) is 5.56 Å². The van der Waals surface area contributed by atoms with Gasteiger partial charge in [0.1, 0.15) is 18.1 Å². The molecule has 1 heterocycles. The summed E-state index contributed by atoms with van der Waals surface area (Å²) in [5, 5.41) is 0. The molecule has 0 amide bonds. The van der Waals surface area contributed by atoms with E-state index >= 15 is 0 Å². The Morgan fingerprint density at radius 3 is 2.56 bits per heavy atom. The van der Waals surface area contributed by atoms with Crippen LogP contribution in [0.4, 0.5) is 0 Å². The van der Waals surface area contributed by atoms with Crippen LogP contribution in [0.1, 0.15) is 35.2 Å². The molecule has 3 nitrogen and oxygen atoms in total. The van der Waals surface area contributed by atoms with Crippen LogP contribution in [-0.4, -0.2) is 6.29 Å². The fourth-order valence-corrected chi connectivity index (χ4v) is 1.73. The second kappa shape index (κ2) is 6.05. The van der Waals surface area contributed by atoms with Crippen LogP contribution >= 0.6 is 0 Å². The zero-order chi connectivity index (χ0) is 12.8. The van der Waals surface area contributed by atoms with Gasteiger partial charge in [-0.3, -0.25) is 4.79 Å². The van der Waals surface area contributed by atoms with Gasteiger partial charge in [0.05, 0.1) is 0 Å². The topological polar surface area (TPSA) is 39.4 Å². The van der Waals surface area contributed by atoms with E-state index < -0.39 is 0 Å². The molecule has 0 fully saturated rings. The maximum atomic E-state index is 10.5. The van der Waals surface area contributed by atoms with Gasteiger partial charge in [0.25, 0.3) is 0 Å². The van der Waals surface area contributed by atoms with Crippen molar-refractivity contribution in [2.75, 3.05) is 0 Å². The molecular weight excluding hydrogens is 228 g/mol. The molecule has 0 aliphatic rings. The van der Waals surface area contributed by atoms with Crippen molar-refractivity contribution in [3.8, 4) is 5.75 Å². The van der Waals surface area contributed by atoms with Crippen molar-refractivity contribution in [1.82, 2.24) is 0 Å². The summed E-state index contributed by atoms with van der Waals surface area (Å²) in [6, 6.07) is 11.4. The molecule has 1 aromatic heterocycles. The minimum atomic E-state index is 0.326. The highest BCUT2D eigenvalue weighted by molar-refractivity contribution is 5.70. The summed E-state index contributed by atoms with van der Waals surface area (Å²) in [6.07, 6.45) is 2.91. The van der Waals surface area contributed by atoms with E-state index in [0.29, 0.717) is 24.4 Å². The molecule has 0 unspecified atom stereocenters. The first-order valence-electron chi connectivity index (χ1n) is 6.07. The Morgan fingerprint density at radius 2 is 1.94 bits per heavy atom. The van der Waals surface area contributed by atoms with Crippen LogP contribution in [0.25, 0.3) is 0 Å². The van der Waals surface area contributed by atoms with Gasteiger partial charge in [-0.15, -0.1) is 0 Å². The molecule has 2 aromatic rings. The number of aryl methyl sites for hydroxylation is 1. The summed E-state index contributed by atoms with van der Waals surface area (Å²) in [5.41, 5.74) is 1.31. The van der Waals surface area contributed by atoms with Gasteiger partial charge in [0.15, 0.2) is 12.0 Å². The van der Waals surface area contributed by atoms with Crippen molar-refractivity contribution in [2.24, 2.45) is 0 Å². The highest BCUT2D eigenvalue weighted by Gasteiger charge is 2.02. The Morgan fingerprint density at radius 1 is 1.17 bits per heavy atom. The Bertz CT molecular complexity index is 497. The average Bonchev–Trinajstić information content (AvgIpc) is 2.86. The smallest absolute Gasteiger partial charge is 0.185 e. The number of aldehydes is 1. The number of rotatable bonds is 6. The lowest BCUT2D eigenvalue weighted by atomic mass is 10.1. The molecule has 2 rings (SSSR count). The first-order valence-corrected chi connectivity index (χ1v) is 6.07. The number of carbonyl (C=O) groups excluding carboxylic acids is 1. The quantitative estimate of drug-likeness (QED) is 0.728. The van der Waals surface area contributed by atoms with Gasteiger partial charge in [-0.25, -0.2) is 0 Å². The number of hydrogen-bond donors (Lipinski definition) is 0. The Kier molecular flexibility index (Phi) is 4.18. The fourth-order valence-electron chi connectivity index (χ4n) is 1.73. The molecule has 0 aliphatic heterocycles. The highest BCUT2D eigenvalue weighted by atomic mass is 16.5. The summed E-state index contributed by atoms with van der Waals surface area (Å²) < 4.78 is 10.8. The largest absolute Gasteiger partial charge is 0.486 e. The second-order valence-corrected chi connectivity index (χ2v) is 4.10. The van der Waals surface area contributed by atoms with Crippen LogP contribution < -0.4 is 4.74 Å². The zero-order valence-electron chi connectivity index (χ0n) is 10.4. The molecule has 0 bridgehead atoms. The second-order valence-electron chi connectivity index (χ2n) is 4.10. The van der Waals surface area contributed by atoms with Crippen molar-refractivity contribution >= 4 is 6.29 Å². The summed E-state index contributed by atoms with van der Waals surface area (Å²) in [5.74, 6) is 1.78. The average molecular weight is 244 g/mol. The minimum absolute atomic E-state index is 0.326. The SMILES string of the molecule is CCCc1ccc(OCc2ccc(C=O)o2)cc1. The lowest BCUT2D eigenvalue weighted by molar-refractivity contribution is 0.109. The van der Waals surface area contributed by atoms with Crippen LogP contribution in [0.2, 0.25) is 0 Å². The van der Waals surface area contributed by atoms with Crippen molar-refractivity contribution in [3.63, 3.8) is 0 Å². The third kappa shape index (κ3) is 3.23. The van der Waals surface area contributed by atoms with E-state index in [2.05, 4.69) is 19.1 Å². The molecule has 0 radical (unpaired) electrons. The van der Waals surface area contributed by atoms with E-state index in [9.17, 15) is 4.79 Å². The maximum absolute atomic E-state index is 10.5. The predicted octanol–water partition coefficient (Wildman–Crippen LogP) is 3.62. The Balaban J connectivity index is 1.91. The number of furan rings is 1. The van der Waals surface area contributed by atoms with Gasteiger partial charge in [-0.1, -0.05) is 25.5 Å². The van der Waals surface area contributed by atoms with Gasteiger partial charge in [0, 0.05) is 0 Å². The van der Waals surface area contributed by atoms with E-state index in [1.54, 1.807) is 12.1 Å². The third-order valence-electron chi connectivity index (χ3n) is 2.64. The first-order chi connectivity index (χ1) is 8.81. The standard InChI is InChI=1S/C15H16O3/c1-2-3-12-4-6-13(7-5-12)17-11-15-9-8-14(10-16)18-15/h4-10H,2-3,11H2,1H3. The molecule has 0 saturated heterocycles. The third-order valence-corrected chi connectivity index (χ3v) is 2.64. The monoisotopic (exact) mass is 244 g/mol. The highest BCUT2D eigenvalue weighted by Crippen LogP contribution is 2.16. The van der Waals surface area contributed by atoms with Crippen molar-refractivity contribution in [3.05, 3.63) is 53.5 Å². The molecule has 0 atom stereocenters. The van der Waals surface area contributed by atoms with Gasteiger partial charge in [-0.2, -0.15) is 0 Å². The molecule has 0 aliphatic carbocycles. The molecular formula is C15H16O3. The van der Waals surface area contributed by atoms with E-state index in [1.807, 2.05) is 12.1 Å². The van der Waals surface area contributed by atoms with Gasteiger partial charge >= 0.3 is 0 Å². The maximum Gasteiger partial charge on any atom is 0.185 e. The van der Waals surface area contributed by atoms with Crippen LogP contribution in [0, 0.1) is 0 Å². The molecule has 94 valence electrons. The van der Waals surface area contributed by atoms with E-state index in [0.717, 1.165) is 18.6 Å². The lowest BCUT2D eigenvalue weighted by Crippen LogP contribution is -1.94. The van der Waals surface area contributed by atoms with Crippen LogP contribution in [-0.2, 0) is 13.0 Å². The van der Waals surface area contributed by atoms with Crippen LogP contribution in [0.15, 0.2) is 40.8 Å². The number of hydrogen-bond acceptors (Lipinski definition) is 3. The van der Waals surface area contributed by atoms with Crippen LogP contribution in [0.3, 0.4) is 0 Å². The summed E-state index contributed by atoms with van der Waals surface area (Å²) >= 11 is 0. The van der Waals surface area contributed by atoms with Crippen LogP contribution in [0.5, 0.6) is 5.75 Å². The number of ether oxygens (including phenoxy) is 1. The zero-order valence-corrected chi connectivity index (χ0v) is 10.4. The molecule has 0 saturated carbocycles. The van der Waals surface area contributed by atoms with E-state index in [4.69, 9.17) is 9.15 Å². The number of benzene rings is 1. The predicted molar refractivity (Wildman–Crippen MR) is 68.9 cm³/mol. The molecule has 1 aromatic carbocycles. The molecule has 3 heteroatoms. The molecule has 0 spiro atoms. The van der Waals surface area contributed by atoms with Gasteiger partial charge < -0.3 is 9.15 Å². The minimum Gasteiger partial charge on any atom is -0.486 e. The number of carbonyl (C=O) groups is 1. The van der Waals surface area contributed by atoms with Crippen molar-refractivity contribution < 1.29 is 13.9 Å². The summed E-state index contributed by atoms with van der Waals surface area (Å²) in [4.78, 5) is 10.5. The lowest BCUT2D eigenvalue weighted by Gasteiger charge is -2.05. The van der Waals surface area contributed by atoms with Gasteiger partial charge in [-0.05, 0) is 36.2 Å². The fraction of sp³-hybridized carbons (Fsp3) is 0.267.